The van der Waals surface area contributed by atoms with E-state index in [1.165, 1.54) is 5.56 Å². The first kappa shape index (κ1) is 17.3. The van der Waals surface area contributed by atoms with Crippen molar-refractivity contribution in [2.75, 3.05) is 32.8 Å². The van der Waals surface area contributed by atoms with Crippen LogP contribution in [-0.2, 0) is 16.0 Å². The van der Waals surface area contributed by atoms with E-state index in [2.05, 4.69) is 26.0 Å². The zero-order valence-electron chi connectivity index (χ0n) is 14.2. The molecule has 5 nitrogen and oxygen atoms in total. The van der Waals surface area contributed by atoms with Gasteiger partial charge in [-0.15, -0.1) is 0 Å². The second kappa shape index (κ2) is 7.99. The number of hydrogen-bond donors (Lipinski definition) is 0. The van der Waals surface area contributed by atoms with Gasteiger partial charge in [-0.3, -0.25) is 4.79 Å². The van der Waals surface area contributed by atoms with E-state index < -0.39 is 0 Å². The minimum absolute atomic E-state index is 0.116. The van der Waals surface area contributed by atoms with Crippen molar-refractivity contribution in [3.05, 3.63) is 35.4 Å². The highest BCUT2D eigenvalue weighted by Gasteiger charge is 2.24. The van der Waals surface area contributed by atoms with Gasteiger partial charge < -0.3 is 14.5 Å². The van der Waals surface area contributed by atoms with Gasteiger partial charge in [0.1, 0.15) is 0 Å². The average molecular weight is 318 g/mol. The van der Waals surface area contributed by atoms with Crippen LogP contribution >= 0.6 is 0 Å². The Hall–Kier alpha value is -2.04. The monoisotopic (exact) mass is 318 g/mol. The summed E-state index contributed by atoms with van der Waals surface area (Å²) in [6.45, 7) is 8.70. The van der Waals surface area contributed by atoms with Gasteiger partial charge in [-0.05, 0) is 24.0 Å². The predicted molar refractivity (Wildman–Crippen MR) is 89.4 cm³/mol. The minimum Gasteiger partial charge on any atom is -0.450 e. The molecule has 0 saturated carbocycles. The van der Waals surface area contributed by atoms with Crippen molar-refractivity contribution < 1.29 is 14.3 Å². The molecular weight excluding hydrogens is 292 g/mol. The molecule has 0 radical (unpaired) electrons. The fourth-order valence-corrected chi connectivity index (χ4v) is 2.66. The van der Waals surface area contributed by atoms with Crippen molar-refractivity contribution in [2.45, 2.75) is 33.1 Å². The molecule has 0 bridgehead atoms. The van der Waals surface area contributed by atoms with Crippen molar-refractivity contribution in [2.24, 2.45) is 0 Å². The summed E-state index contributed by atoms with van der Waals surface area (Å²) in [5.41, 5.74) is 2.32. The van der Waals surface area contributed by atoms with Crippen molar-refractivity contribution in [3.63, 3.8) is 0 Å². The topological polar surface area (TPSA) is 49.9 Å². The van der Waals surface area contributed by atoms with Crippen LogP contribution in [0.5, 0.6) is 0 Å². The SMILES string of the molecule is CCOC(=O)N1CCN(C(=O)Cc2ccc(C(C)C)cc2)CC1. The number of carbonyl (C=O) groups excluding carboxylic acids is 2. The lowest BCUT2D eigenvalue weighted by Gasteiger charge is -2.34. The van der Waals surface area contributed by atoms with Gasteiger partial charge in [0, 0.05) is 26.2 Å². The van der Waals surface area contributed by atoms with Crippen LogP contribution in [0.3, 0.4) is 0 Å². The molecule has 1 aliphatic heterocycles. The number of piperazine rings is 1. The molecule has 1 aliphatic rings. The Balaban J connectivity index is 1.84. The predicted octanol–water partition coefficient (Wildman–Crippen LogP) is 2.65. The van der Waals surface area contributed by atoms with E-state index in [-0.39, 0.29) is 12.0 Å². The standard InChI is InChI=1S/C18H26N2O3/c1-4-23-18(22)20-11-9-19(10-12-20)17(21)13-15-5-7-16(8-6-15)14(2)3/h5-8,14H,4,9-13H2,1-3H3. The van der Waals surface area contributed by atoms with Crippen molar-refractivity contribution in [1.82, 2.24) is 9.80 Å². The van der Waals surface area contributed by atoms with Crippen LogP contribution in [0.15, 0.2) is 24.3 Å². The summed E-state index contributed by atoms with van der Waals surface area (Å²) in [5, 5.41) is 0. The van der Waals surface area contributed by atoms with Gasteiger partial charge in [-0.25, -0.2) is 4.79 Å². The van der Waals surface area contributed by atoms with E-state index in [0.717, 1.165) is 5.56 Å². The average Bonchev–Trinajstić information content (AvgIpc) is 2.55. The molecule has 0 spiro atoms. The van der Waals surface area contributed by atoms with E-state index in [9.17, 15) is 9.59 Å². The van der Waals surface area contributed by atoms with Gasteiger partial charge >= 0.3 is 6.09 Å². The molecule has 1 fully saturated rings. The van der Waals surface area contributed by atoms with E-state index in [0.29, 0.717) is 45.1 Å². The fourth-order valence-electron chi connectivity index (χ4n) is 2.66. The maximum absolute atomic E-state index is 12.4. The number of benzene rings is 1. The zero-order chi connectivity index (χ0) is 16.8. The zero-order valence-corrected chi connectivity index (χ0v) is 14.2. The Bertz CT molecular complexity index is 532. The number of hydrogen-bond acceptors (Lipinski definition) is 3. The van der Waals surface area contributed by atoms with Gasteiger partial charge in [-0.2, -0.15) is 0 Å². The normalized spacial score (nSPS) is 15.0. The lowest BCUT2D eigenvalue weighted by Crippen LogP contribution is -2.51. The molecule has 0 aliphatic carbocycles. The molecule has 5 heteroatoms. The molecule has 23 heavy (non-hydrogen) atoms. The van der Waals surface area contributed by atoms with Gasteiger partial charge in [0.05, 0.1) is 13.0 Å². The van der Waals surface area contributed by atoms with Gasteiger partial charge in [0.25, 0.3) is 0 Å². The van der Waals surface area contributed by atoms with Crippen molar-refractivity contribution in [1.29, 1.82) is 0 Å². The van der Waals surface area contributed by atoms with E-state index in [4.69, 9.17) is 4.74 Å². The maximum Gasteiger partial charge on any atom is 0.409 e. The summed E-state index contributed by atoms with van der Waals surface area (Å²) >= 11 is 0. The summed E-state index contributed by atoms with van der Waals surface area (Å²) in [6, 6.07) is 8.24. The first-order valence-electron chi connectivity index (χ1n) is 8.29. The third kappa shape index (κ3) is 4.71. The summed E-state index contributed by atoms with van der Waals surface area (Å²) in [4.78, 5) is 27.5. The Morgan fingerprint density at radius 2 is 1.61 bits per heavy atom. The van der Waals surface area contributed by atoms with Crippen LogP contribution in [0.25, 0.3) is 0 Å². The largest absolute Gasteiger partial charge is 0.450 e. The first-order valence-corrected chi connectivity index (χ1v) is 8.29. The first-order chi connectivity index (χ1) is 11.0. The maximum atomic E-state index is 12.4. The molecule has 2 amide bonds. The van der Waals surface area contributed by atoms with Crippen LogP contribution < -0.4 is 0 Å². The molecule has 0 atom stereocenters. The number of ether oxygens (including phenoxy) is 1. The van der Waals surface area contributed by atoms with Gasteiger partial charge in [-0.1, -0.05) is 38.1 Å². The van der Waals surface area contributed by atoms with E-state index in [1.54, 1.807) is 11.8 Å². The summed E-state index contributed by atoms with van der Waals surface area (Å²) < 4.78 is 4.99. The molecule has 126 valence electrons. The number of nitrogens with zero attached hydrogens (tertiary/aromatic N) is 2. The van der Waals surface area contributed by atoms with E-state index in [1.807, 2.05) is 17.0 Å². The van der Waals surface area contributed by atoms with Crippen molar-refractivity contribution >= 4 is 12.0 Å². The minimum atomic E-state index is -0.288. The molecule has 0 N–H and O–H groups in total. The number of rotatable bonds is 4. The second-order valence-electron chi connectivity index (χ2n) is 6.14. The van der Waals surface area contributed by atoms with Gasteiger partial charge in [0.2, 0.25) is 5.91 Å². The Labute approximate surface area is 138 Å². The molecular formula is C18H26N2O3. The van der Waals surface area contributed by atoms with Crippen LogP contribution in [0, 0.1) is 0 Å². The van der Waals surface area contributed by atoms with Crippen LogP contribution in [-0.4, -0.2) is 54.6 Å². The molecule has 1 aromatic carbocycles. The lowest BCUT2D eigenvalue weighted by atomic mass is 10.0. The summed E-state index contributed by atoms with van der Waals surface area (Å²) in [6.07, 6.45) is 0.126. The second-order valence-corrected chi connectivity index (χ2v) is 6.14. The Kier molecular flexibility index (Phi) is 6.02. The number of carbonyl (C=O) groups is 2. The molecule has 1 saturated heterocycles. The summed E-state index contributed by atoms with van der Waals surface area (Å²) in [5.74, 6) is 0.613. The number of amides is 2. The lowest BCUT2D eigenvalue weighted by molar-refractivity contribution is -0.132. The smallest absolute Gasteiger partial charge is 0.409 e. The summed E-state index contributed by atoms with van der Waals surface area (Å²) in [7, 11) is 0. The molecule has 1 aromatic rings. The highest BCUT2D eigenvalue weighted by molar-refractivity contribution is 5.79. The Morgan fingerprint density at radius 3 is 2.13 bits per heavy atom. The van der Waals surface area contributed by atoms with E-state index >= 15 is 0 Å². The molecule has 2 rings (SSSR count). The fraction of sp³-hybridized carbons (Fsp3) is 0.556. The molecule has 0 aromatic heterocycles. The van der Waals surface area contributed by atoms with Gasteiger partial charge in [0.15, 0.2) is 0 Å². The third-order valence-electron chi connectivity index (χ3n) is 4.16. The highest BCUT2D eigenvalue weighted by Crippen LogP contribution is 2.15. The molecule has 1 heterocycles. The highest BCUT2D eigenvalue weighted by atomic mass is 16.6. The van der Waals surface area contributed by atoms with Crippen LogP contribution in [0.4, 0.5) is 4.79 Å². The Morgan fingerprint density at radius 1 is 1.04 bits per heavy atom. The van der Waals surface area contributed by atoms with Crippen LogP contribution in [0.2, 0.25) is 0 Å². The quantitative estimate of drug-likeness (QED) is 0.857. The van der Waals surface area contributed by atoms with Crippen LogP contribution in [0.1, 0.15) is 37.8 Å². The molecule has 0 unspecified atom stereocenters. The third-order valence-corrected chi connectivity index (χ3v) is 4.16. The van der Waals surface area contributed by atoms with Crippen molar-refractivity contribution in [3.8, 4) is 0 Å².